The maximum Gasteiger partial charge on any atom is 0.170 e. The van der Waals surface area contributed by atoms with Crippen molar-refractivity contribution < 1.29 is 10.3 Å². The fourth-order valence-electron chi connectivity index (χ4n) is 3.59. The van der Waals surface area contributed by atoms with Crippen molar-refractivity contribution in [3.8, 4) is 0 Å². The number of hydrogen-bond donors (Lipinski definition) is 3. The Morgan fingerprint density at radius 1 is 1.38 bits per heavy atom. The van der Waals surface area contributed by atoms with Gasteiger partial charge in [-0.1, -0.05) is 28.9 Å². The molecule has 5 nitrogen and oxygen atoms in total. The molecule has 2 fully saturated rings. The summed E-state index contributed by atoms with van der Waals surface area (Å²) in [5.41, 5.74) is 7.20. The van der Waals surface area contributed by atoms with E-state index in [1.165, 1.54) is 0 Å². The van der Waals surface area contributed by atoms with E-state index >= 15 is 0 Å². The Morgan fingerprint density at radius 3 is 2.86 bits per heavy atom. The van der Waals surface area contributed by atoms with Gasteiger partial charge in [0.25, 0.3) is 0 Å². The fourth-order valence-corrected chi connectivity index (χ4v) is 3.83. The predicted molar refractivity (Wildman–Crippen MR) is 81.5 cm³/mol. The molecule has 3 atom stereocenters. The summed E-state index contributed by atoms with van der Waals surface area (Å²) >= 11 is 6.29. The Hall–Kier alpha value is -1.30. The number of halogens is 1. The summed E-state index contributed by atoms with van der Waals surface area (Å²) in [6.45, 7) is 2.74. The summed E-state index contributed by atoms with van der Waals surface area (Å²) in [4.78, 5) is 2.35. The molecule has 2 aliphatic rings. The molecule has 4 N–H and O–H groups in total. The Morgan fingerprint density at radius 2 is 2.19 bits per heavy atom. The molecule has 21 heavy (non-hydrogen) atoms. The van der Waals surface area contributed by atoms with Crippen LogP contribution in [-0.2, 0) is 6.54 Å². The van der Waals surface area contributed by atoms with Crippen LogP contribution in [0.1, 0.15) is 24.0 Å². The van der Waals surface area contributed by atoms with Crippen molar-refractivity contribution in [1.29, 1.82) is 0 Å². The Kier molecular flexibility index (Phi) is 4.06. The number of likely N-dealkylation sites (tertiary alicyclic amines) is 1. The van der Waals surface area contributed by atoms with Gasteiger partial charge in [0, 0.05) is 36.1 Å². The summed E-state index contributed by atoms with van der Waals surface area (Å²) in [5.74, 6) is 1.10. The van der Waals surface area contributed by atoms with E-state index in [-0.39, 0.29) is 11.9 Å². The molecule has 1 aliphatic heterocycles. The number of aliphatic hydroxyl groups excluding tert-OH is 1. The van der Waals surface area contributed by atoms with Crippen molar-refractivity contribution in [2.75, 3.05) is 13.1 Å². The fraction of sp³-hybridized carbons (Fsp3) is 0.533. The first-order valence-electron chi connectivity index (χ1n) is 7.25. The van der Waals surface area contributed by atoms with E-state index in [2.05, 4.69) is 10.1 Å². The number of nitrogens with two attached hydrogens (primary N) is 1. The van der Waals surface area contributed by atoms with Crippen molar-refractivity contribution in [2.24, 2.45) is 22.7 Å². The summed E-state index contributed by atoms with van der Waals surface area (Å²) < 4.78 is 0. The molecule has 1 aromatic carbocycles. The van der Waals surface area contributed by atoms with Crippen LogP contribution in [0.2, 0.25) is 5.02 Å². The highest BCUT2D eigenvalue weighted by atomic mass is 35.5. The van der Waals surface area contributed by atoms with Crippen molar-refractivity contribution in [3.05, 3.63) is 34.3 Å². The largest absolute Gasteiger partial charge is 0.409 e. The highest BCUT2D eigenvalue weighted by Gasteiger charge is 2.41. The molecule has 0 amide bonds. The lowest BCUT2D eigenvalue weighted by molar-refractivity contribution is 0.123. The van der Waals surface area contributed by atoms with Gasteiger partial charge in [-0.15, -0.1) is 0 Å². The maximum atomic E-state index is 9.96. The molecule has 0 aromatic heterocycles. The van der Waals surface area contributed by atoms with Gasteiger partial charge >= 0.3 is 0 Å². The van der Waals surface area contributed by atoms with E-state index < -0.39 is 0 Å². The van der Waals surface area contributed by atoms with Crippen molar-refractivity contribution in [3.63, 3.8) is 0 Å². The third-order valence-electron chi connectivity index (χ3n) is 4.75. The summed E-state index contributed by atoms with van der Waals surface area (Å²) in [6.07, 6.45) is 1.93. The average Bonchev–Trinajstić information content (AvgIpc) is 3.02. The smallest absolute Gasteiger partial charge is 0.170 e. The predicted octanol–water partition coefficient (Wildman–Crippen LogP) is 1.64. The van der Waals surface area contributed by atoms with Gasteiger partial charge in [-0.2, -0.15) is 0 Å². The molecule has 0 radical (unpaired) electrons. The van der Waals surface area contributed by atoms with Crippen LogP contribution in [0.5, 0.6) is 0 Å². The third-order valence-corrected chi connectivity index (χ3v) is 5.10. The standard InChI is InChI=1S/C15H20ClN3O2/c16-13-5-9(15(17)18-21)1-2-11(13)7-19-6-10-3-4-14(20)12(10)8-19/h1-2,5,10,12,14,20-21H,3-4,6-8H2,(H2,17,18). The molecule has 1 saturated carbocycles. The molecule has 0 bridgehead atoms. The Balaban J connectivity index is 1.69. The molecular formula is C15H20ClN3O2. The number of rotatable bonds is 3. The third kappa shape index (κ3) is 2.86. The zero-order valence-corrected chi connectivity index (χ0v) is 12.5. The molecule has 3 unspecified atom stereocenters. The van der Waals surface area contributed by atoms with Crippen LogP contribution in [0, 0.1) is 11.8 Å². The zero-order valence-electron chi connectivity index (χ0n) is 11.7. The van der Waals surface area contributed by atoms with Crippen molar-refractivity contribution in [2.45, 2.75) is 25.5 Å². The molecule has 1 heterocycles. The van der Waals surface area contributed by atoms with E-state index in [1.807, 2.05) is 12.1 Å². The van der Waals surface area contributed by atoms with E-state index in [0.717, 1.165) is 38.0 Å². The van der Waals surface area contributed by atoms with Gasteiger partial charge in [-0.3, -0.25) is 4.90 Å². The first-order chi connectivity index (χ1) is 10.1. The molecule has 1 aromatic rings. The highest BCUT2D eigenvalue weighted by Crippen LogP contribution is 2.38. The van der Waals surface area contributed by atoms with Gasteiger partial charge in [0.2, 0.25) is 0 Å². The van der Waals surface area contributed by atoms with Gasteiger partial charge in [0.05, 0.1) is 6.10 Å². The van der Waals surface area contributed by atoms with Gasteiger partial charge in [0.15, 0.2) is 5.84 Å². The monoisotopic (exact) mass is 309 g/mol. The summed E-state index contributed by atoms with van der Waals surface area (Å²) in [7, 11) is 0. The van der Waals surface area contributed by atoms with Crippen LogP contribution in [0.15, 0.2) is 23.4 Å². The van der Waals surface area contributed by atoms with Crippen LogP contribution in [-0.4, -0.2) is 40.2 Å². The number of fused-ring (bicyclic) bond motifs is 1. The van der Waals surface area contributed by atoms with E-state index in [0.29, 0.717) is 22.4 Å². The number of hydrogen-bond acceptors (Lipinski definition) is 4. The van der Waals surface area contributed by atoms with E-state index in [4.69, 9.17) is 22.5 Å². The van der Waals surface area contributed by atoms with Gasteiger partial charge < -0.3 is 16.0 Å². The Bertz CT molecular complexity index is 564. The number of nitrogens with zero attached hydrogens (tertiary/aromatic N) is 2. The minimum absolute atomic E-state index is 0.0577. The van der Waals surface area contributed by atoms with Crippen LogP contribution in [0.4, 0.5) is 0 Å². The Labute approximate surface area is 129 Å². The van der Waals surface area contributed by atoms with Crippen LogP contribution in [0.25, 0.3) is 0 Å². The first-order valence-corrected chi connectivity index (χ1v) is 7.63. The number of benzene rings is 1. The molecule has 3 rings (SSSR count). The van der Waals surface area contributed by atoms with Crippen LogP contribution in [0.3, 0.4) is 0 Å². The van der Waals surface area contributed by atoms with Crippen molar-refractivity contribution >= 4 is 17.4 Å². The minimum Gasteiger partial charge on any atom is -0.409 e. The van der Waals surface area contributed by atoms with Crippen molar-refractivity contribution in [1.82, 2.24) is 4.90 Å². The normalized spacial score (nSPS) is 29.8. The summed E-state index contributed by atoms with van der Waals surface area (Å²) in [6, 6.07) is 5.44. The topological polar surface area (TPSA) is 82.1 Å². The molecular weight excluding hydrogens is 290 g/mol. The lowest BCUT2D eigenvalue weighted by Gasteiger charge is -2.19. The molecule has 1 saturated heterocycles. The first kappa shape index (κ1) is 14.6. The second-order valence-corrected chi connectivity index (χ2v) is 6.46. The molecule has 114 valence electrons. The second-order valence-electron chi connectivity index (χ2n) is 6.05. The van der Waals surface area contributed by atoms with Gasteiger partial charge in [-0.25, -0.2) is 0 Å². The highest BCUT2D eigenvalue weighted by molar-refractivity contribution is 6.31. The average molecular weight is 310 g/mol. The number of amidine groups is 1. The zero-order chi connectivity index (χ0) is 15.0. The number of oxime groups is 1. The molecule has 1 aliphatic carbocycles. The minimum atomic E-state index is -0.140. The molecule has 6 heteroatoms. The van der Waals surface area contributed by atoms with Gasteiger partial charge in [-0.05, 0) is 30.4 Å². The lowest BCUT2D eigenvalue weighted by Crippen LogP contribution is -2.24. The van der Waals surface area contributed by atoms with Crippen LogP contribution < -0.4 is 5.73 Å². The maximum absolute atomic E-state index is 9.96. The number of aliphatic hydroxyl groups is 1. The quantitative estimate of drug-likeness (QED) is 0.343. The summed E-state index contributed by atoms with van der Waals surface area (Å²) in [5, 5.41) is 22.2. The van der Waals surface area contributed by atoms with Crippen LogP contribution >= 0.6 is 11.6 Å². The lowest BCUT2D eigenvalue weighted by atomic mass is 10.00. The van der Waals surface area contributed by atoms with E-state index in [9.17, 15) is 5.11 Å². The van der Waals surface area contributed by atoms with Gasteiger partial charge in [0.1, 0.15) is 0 Å². The van der Waals surface area contributed by atoms with E-state index in [1.54, 1.807) is 6.07 Å². The SMILES string of the molecule is N/C(=N/O)c1ccc(CN2CC3CCC(O)C3C2)c(Cl)c1. The second kappa shape index (κ2) is 5.83. The molecule has 0 spiro atoms.